The second kappa shape index (κ2) is 8.41. The fraction of sp³-hybridized carbons (Fsp3) is 0.409. The average molecular weight is 383 g/mol. The summed E-state index contributed by atoms with van der Waals surface area (Å²) in [5.74, 6) is -0.212. The standard InChI is InChI=1S/C22H25NO5/c1-14(24)23-19-17(12-15-8-4-2-5-9-15)27-18-13-26-22(28-21(18)20(19)25)16-10-6-3-7-11-16/h2-11,17-22,25H,12-13H2,1H3,(H,23,24)/t17?,18?,19?,20-,21+,22?/m1/s1. The average Bonchev–Trinajstić information content (AvgIpc) is 2.72. The smallest absolute Gasteiger partial charge is 0.217 e. The summed E-state index contributed by atoms with van der Waals surface area (Å²) in [6, 6.07) is 18.9. The van der Waals surface area contributed by atoms with Crippen molar-refractivity contribution in [3.8, 4) is 0 Å². The van der Waals surface area contributed by atoms with Crippen molar-refractivity contribution in [2.24, 2.45) is 0 Å². The first-order valence-corrected chi connectivity index (χ1v) is 9.58. The minimum Gasteiger partial charge on any atom is -0.388 e. The van der Waals surface area contributed by atoms with E-state index in [0.29, 0.717) is 13.0 Å². The highest BCUT2D eigenvalue weighted by atomic mass is 16.7. The molecule has 6 atom stereocenters. The Morgan fingerprint density at radius 3 is 2.43 bits per heavy atom. The van der Waals surface area contributed by atoms with Gasteiger partial charge < -0.3 is 24.6 Å². The molecule has 0 spiro atoms. The third-order valence-corrected chi connectivity index (χ3v) is 5.24. The molecule has 1 amide bonds. The summed E-state index contributed by atoms with van der Waals surface area (Å²) in [6.45, 7) is 1.76. The number of fused-ring (bicyclic) bond motifs is 1. The van der Waals surface area contributed by atoms with Gasteiger partial charge in [0.25, 0.3) is 0 Å². The van der Waals surface area contributed by atoms with Crippen molar-refractivity contribution in [3.05, 3.63) is 71.8 Å². The van der Waals surface area contributed by atoms with E-state index in [-0.39, 0.29) is 12.0 Å². The quantitative estimate of drug-likeness (QED) is 0.844. The van der Waals surface area contributed by atoms with Crippen LogP contribution in [-0.2, 0) is 25.4 Å². The predicted octanol–water partition coefficient (Wildman–Crippen LogP) is 1.98. The van der Waals surface area contributed by atoms with Crippen LogP contribution in [0.25, 0.3) is 0 Å². The lowest BCUT2D eigenvalue weighted by Gasteiger charge is -2.48. The van der Waals surface area contributed by atoms with Gasteiger partial charge in [0.2, 0.25) is 5.91 Å². The normalized spacial score (nSPS) is 32.4. The fourth-order valence-corrected chi connectivity index (χ4v) is 3.92. The van der Waals surface area contributed by atoms with Crippen molar-refractivity contribution < 1.29 is 24.1 Å². The summed E-state index contributed by atoms with van der Waals surface area (Å²) in [7, 11) is 0. The van der Waals surface area contributed by atoms with E-state index in [2.05, 4.69) is 5.32 Å². The van der Waals surface area contributed by atoms with Crippen LogP contribution in [0.15, 0.2) is 60.7 Å². The molecule has 28 heavy (non-hydrogen) atoms. The number of hydrogen-bond donors (Lipinski definition) is 2. The van der Waals surface area contributed by atoms with Crippen molar-refractivity contribution in [1.82, 2.24) is 5.32 Å². The number of hydrogen-bond acceptors (Lipinski definition) is 5. The molecule has 0 saturated carbocycles. The molecule has 0 radical (unpaired) electrons. The topological polar surface area (TPSA) is 77.0 Å². The van der Waals surface area contributed by atoms with Crippen LogP contribution in [0.1, 0.15) is 24.3 Å². The summed E-state index contributed by atoms with van der Waals surface area (Å²) in [6.07, 6.45) is -2.23. The number of ether oxygens (including phenoxy) is 3. The second-order valence-corrected chi connectivity index (χ2v) is 7.30. The van der Waals surface area contributed by atoms with E-state index in [1.54, 1.807) is 0 Å². The third-order valence-electron chi connectivity index (χ3n) is 5.24. The van der Waals surface area contributed by atoms with Gasteiger partial charge in [-0.25, -0.2) is 0 Å². The Kier molecular flexibility index (Phi) is 5.73. The molecule has 2 N–H and O–H groups in total. The Morgan fingerprint density at radius 1 is 1.07 bits per heavy atom. The van der Waals surface area contributed by atoms with Gasteiger partial charge in [-0.1, -0.05) is 60.7 Å². The molecule has 2 aliphatic heterocycles. The number of carbonyl (C=O) groups is 1. The molecular formula is C22H25NO5. The van der Waals surface area contributed by atoms with Crippen LogP contribution < -0.4 is 5.32 Å². The summed E-state index contributed by atoms with van der Waals surface area (Å²) in [5.41, 5.74) is 1.96. The second-order valence-electron chi connectivity index (χ2n) is 7.30. The summed E-state index contributed by atoms with van der Waals surface area (Å²) < 4.78 is 18.1. The van der Waals surface area contributed by atoms with Crippen LogP contribution in [0.5, 0.6) is 0 Å². The Labute approximate surface area is 164 Å². The molecule has 6 nitrogen and oxygen atoms in total. The first kappa shape index (κ1) is 19.1. The number of carbonyl (C=O) groups excluding carboxylic acids is 1. The van der Waals surface area contributed by atoms with E-state index in [1.807, 2.05) is 60.7 Å². The van der Waals surface area contributed by atoms with Crippen LogP contribution in [0, 0.1) is 0 Å². The lowest BCUT2D eigenvalue weighted by atomic mass is 9.88. The highest BCUT2D eigenvalue weighted by molar-refractivity contribution is 5.73. The van der Waals surface area contributed by atoms with E-state index in [4.69, 9.17) is 14.2 Å². The van der Waals surface area contributed by atoms with Crippen LogP contribution in [0.2, 0.25) is 0 Å². The van der Waals surface area contributed by atoms with Gasteiger partial charge in [0.05, 0.1) is 18.8 Å². The van der Waals surface area contributed by atoms with E-state index < -0.39 is 30.6 Å². The van der Waals surface area contributed by atoms with E-state index in [0.717, 1.165) is 11.1 Å². The summed E-state index contributed by atoms with van der Waals surface area (Å²) >= 11 is 0. The largest absolute Gasteiger partial charge is 0.388 e. The van der Waals surface area contributed by atoms with Crippen LogP contribution in [0.4, 0.5) is 0 Å². The number of amides is 1. The lowest BCUT2D eigenvalue weighted by Crippen LogP contribution is -2.66. The lowest BCUT2D eigenvalue weighted by molar-refractivity contribution is -0.314. The van der Waals surface area contributed by atoms with E-state index in [9.17, 15) is 9.90 Å². The molecule has 2 aliphatic rings. The molecule has 0 bridgehead atoms. The zero-order valence-corrected chi connectivity index (χ0v) is 15.7. The highest BCUT2D eigenvalue weighted by Gasteiger charge is 2.49. The molecule has 2 aromatic rings. The van der Waals surface area contributed by atoms with Gasteiger partial charge >= 0.3 is 0 Å². The molecule has 0 aromatic heterocycles. The fourth-order valence-electron chi connectivity index (χ4n) is 3.92. The minimum atomic E-state index is -0.897. The first-order chi connectivity index (χ1) is 13.6. The molecule has 4 unspecified atom stereocenters. The maximum Gasteiger partial charge on any atom is 0.217 e. The van der Waals surface area contributed by atoms with E-state index in [1.165, 1.54) is 6.92 Å². The number of rotatable bonds is 4. The number of aliphatic hydroxyl groups excluding tert-OH is 1. The molecule has 2 heterocycles. The van der Waals surface area contributed by atoms with Gasteiger partial charge in [-0.2, -0.15) is 0 Å². The Balaban J connectivity index is 1.53. The van der Waals surface area contributed by atoms with Crippen molar-refractivity contribution in [2.45, 2.75) is 50.1 Å². The number of aliphatic hydroxyl groups is 1. The summed E-state index contributed by atoms with van der Waals surface area (Å²) in [5, 5.41) is 13.9. The first-order valence-electron chi connectivity index (χ1n) is 9.58. The van der Waals surface area contributed by atoms with Gasteiger partial charge in [-0.15, -0.1) is 0 Å². The third kappa shape index (κ3) is 4.10. The zero-order valence-electron chi connectivity index (χ0n) is 15.7. The van der Waals surface area contributed by atoms with Gasteiger partial charge in [0.1, 0.15) is 18.3 Å². The Bertz CT molecular complexity index is 784. The summed E-state index contributed by atoms with van der Waals surface area (Å²) in [4.78, 5) is 11.8. The minimum absolute atomic E-state index is 0.212. The monoisotopic (exact) mass is 383 g/mol. The van der Waals surface area contributed by atoms with Gasteiger partial charge in [0, 0.05) is 18.9 Å². The van der Waals surface area contributed by atoms with Gasteiger partial charge in [-0.3, -0.25) is 4.79 Å². The van der Waals surface area contributed by atoms with Crippen LogP contribution in [-0.4, -0.2) is 48.1 Å². The SMILES string of the molecule is CC(=O)NC1C(Cc2ccccc2)OC2COC(c3ccccc3)O[C@@H]2[C@@H]1O. The predicted molar refractivity (Wildman–Crippen MR) is 102 cm³/mol. The number of benzene rings is 2. The van der Waals surface area contributed by atoms with Crippen molar-refractivity contribution in [1.29, 1.82) is 0 Å². The maximum absolute atomic E-state index is 11.8. The van der Waals surface area contributed by atoms with E-state index >= 15 is 0 Å². The van der Waals surface area contributed by atoms with Crippen molar-refractivity contribution in [3.63, 3.8) is 0 Å². The molecular weight excluding hydrogens is 358 g/mol. The highest BCUT2D eigenvalue weighted by Crippen LogP contribution is 2.34. The molecule has 4 rings (SSSR count). The molecule has 0 aliphatic carbocycles. The Morgan fingerprint density at radius 2 is 1.75 bits per heavy atom. The van der Waals surface area contributed by atoms with Crippen LogP contribution >= 0.6 is 0 Å². The zero-order chi connectivity index (χ0) is 19.5. The van der Waals surface area contributed by atoms with Crippen molar-refractivity contribution in [2.75, 3.05) is 6.61 Å². The molecule has 2 fully saturated rings. The Hall–Kier alpha value is -2.25. The molecule has 2 aromatic carbocycles. The van der Waals surface area contributed by atoms with Gasteiger partial charge in [0.15, 0.2) is 6.29 Å². The van der Waals surface area contributed by atoms with Gasteiger partial charge in [-0.05, 0) is 5.56 Å². The maximum atomic E-state index is 11.8. The number of nitrogens with one attached hydrogen (secondary N) is 1. The molecule has 148 valence electrons. The molecule has 2 saturated heterocycles. The van der Waals surface area contributed by atoms with Crippen molar-refractivity contribution >= 4 is 5.91 Å². The molecule has 6 heteroatoms. The van der Waals surface area contributed by atoms with Crippen LogP contribution in [0.3, 0.4) is 0 Å².